The number of halogens is 4. The summed E-state index contributed by atoms with van der Waals surface area (Å²) in [7, 11) is 0. The Morgan fingerprint density at radius 2 is 1.96 bits per heavy atom. The highest BCUT2D eigenvalue weighted by molar-refractivity contribution is 6.28. The van der Waals surface area contributed by atoms with Crippen molar-refractivity contribution in [1.82, 2.24) is 14.5 Å². The van der Waals surface area contributed by atoms with E-state index >= 15 is 0 Å². The molecule has 3 N–H and O–H groups in total. The summed E-state index contributed by atoms with van der Waals surface area (Å²) in [5, 5.41) is 27.9. The molecule has 0 saturated carbocycles. The second kappa shape index (κ2) is 5.56. The minimum Gasteiger partial charge on any atom is -0.394 e. The molecule has 23 heavy (non-hydrogen) atoms. The number of hydrogen-bond acceptors (Lipinski definition) is 6. The first kappa shape index (κ1) is 16.4. The predicted molar refractivity (Wildman–Crippen MR) is 70.5 cm³/mol. The lowest BCUT2D eigenvalue weighted by Crippen LogP contribution is -2.33. The van der Waals surface area contributed by atoms with Crippen LogP contribution in [0.5, 0.6) is 0 Å². The van der Waals surface area contributed by atoms with Crippen LogP contribution in [0.15, 0.2) is 12.3 Å². The van der Waals surface area contributed by atoms with E-state index in [0.29, 0.717) is 0 Å². The van der Waals surface area contributed by atoms with Crippen LogP contribution >= 0.6 is 11.6 Å². The molecule has 1 aliphatic heterocycles. The Kier molecular flexibility index (Phi) is 3.97. The van der Waals surface area contributed by atoms with Crippen LogP contribution in [0.4, 0.5) is 13.2 Å². The van der Waals surface area contributed by atoms with Crippen LogP contribution < -0.4 is 0 Å². The second-order valence-electron chi connectivity index (χ2n) is 5.03. The fraction of sp³-hybridized carbons (Fsp3) is 0.500. The van der Waals surface area contributed by atoms with Gasteiger partial charge in [0.15, 0.2) is 11.9 Å². The van der Waals surface area contributed by atoms with Crippen molar-refractivity contribution in [2.24, 2.45) is 0 Å². The fourth-order valence-corrected chi connectivity index (χ4v) is 2.70. The van der Waals surface area contributed by atoms with Gasteiger partial charge in [0.1, 0.15) is 24.0 Å². The maximum atomic E-state index is 13.0. The Labute approximate surface area is 131 Å². The van der Waals surface area contributed by atoms with Gasteiger partial charge >= 0.3 is 6.18 Å². The standard InChI is InChI=1S/C12H11ClF3N3O4/c13-11-17-8(12(14,15)16)4-1-2-19(9(4)18-11)10-7(22)6(21)5(3-20)23-10/h1-2,5-7,10,20-22H,3H2/t5-,6-,7-,10-/m1/s1. The Morgan fingerprint density at radius 1 is 1.26 bits per heavy atom. The first-order chi connectivity index (χ1) is 10.7. The van der Waals surface area contributed by atoms with Crippen molar-refractivity contribution in [2.45, 2.75) is 30.7 Å². The Balaban J connectivity index is 2.12. The number of aliphatic hydroxyl groups is 3. The molecule has 4 atom stereocenters. The SMILES string of the molecule is OC[C@H]1O[C@@H](n2ccc3c(C(F)(F)F)nc(Cl)nc32)[C@H](O)[C@@H]1O. The van der Waals surface area contributed by atoms with Gasteiger partial charge < -0.3 is 24.6 Å². The minimum atomic E-state index is -4.74. The van der Waals surface area contributed by atoms with E-state index in [2.05, 4.69) is 9.97 Å². The smallest absolute Gasteiger partial charge is 0.394 e. The van der Waals surface area contributed by atoms with E-state index in [9.17, 15) is 23.4 Å². The molecule has 126 valence electrons. The van der Waals surface area contributed by atoms with Crippen molar-refractivity contribution < 1.29 is 33.2 Å². The number of fused-ring (bicyclic) bond motifs is 1. The molecule has 3 rings (SSSR count). The van der Waals surface area contributed by atoms with Crippen molar-refractivity contribution in [3.05, 3.63) is 23.2 Å². The third kappa shape index (κ3) is 2.66. The summed E-state index contributed by atoms with van der Waals surface area (Å²) < 4.78 is 45.5. The Hall–Kier alpha value is -1.46. The summed E-state index contributed by atoms with van der Waals surface area (Å²) >= 11 is 5.56. The van der Waals surface area contributed by atoms with Crippen LogP contribution in [-0.4, -0.2) is 54.8 Å². The molecule has 0 spiro atoms. The highest BCUT2D eigenvalue weighted by atomic mass is 35.5. The molecule has 2 aromatic heterocycles. The quantitative estimate of drug-likeness (QED) is 0.688. The maximum absolute atomic E-state index is 13.0. The molecule has 0 aliphatic carbocycles. The van der Waals surface area contributed by atoms with Gasteiger partial charge in [-0.05, 0) is 17.7 Å². The number of aromatic nitrogens is 3. The average molecular weight is 354 g/mol. The van der Waals surface area contributed by atoms with Gasteiger partial charge in [0.2, 0.25) is 5.28 Å². The molecule has 2 aromatic rings. The zero-order chi connectivity index (χ0) is 16.9. The second-order valence-corrected chi connectivity index (χ2v) is 5.37. The molecular formula is C12H11ClF3N3O4. The molecule has 11 heteroatoms. The third-order valence-corrected chi connectivity index (χ3v) is 3.77. The lowest BCUT2D eigenvalue weighted by atomic mass is 10.1. The molecule has 0 bridgehead atoms. The van der Waals surface area contributed by atoms with E-state index in [4.69, 9.17) is 21.4 Å². The van der Waals surface area contributed by atoms with Gasteiger partial charge in [-0.2, -0.15) is 18.2 Å². The monoisotopic (exact) mass is 353 g/mol. The Bertz CT molecular complexity index is 738. The van der Waals surface area contributed by atoms with Crippen LogP contribution in [-0.2, 0) is 10.9 Å². The molecule has 1 aliphatic rings. The van der Waals surface area contributed by atoms with E-state index in [1.165, 1.54) is 6.20 Å². The lowest BCUT2D eigenvalue weighted by molar-refractivity contribution is -0.139. The van der Waals surface area contributed by atoms with Gasteiger partial charge in [0, 0.05) is 11.6 Å². The summed E-state index contributed by atoms with van der Waals surface area (Å²) in [6.45, 7) is -0.558. The number of nitrogens with zero attached hydrogens (tertiary/aromatic N) is 3. The van der Waals surface area contributed by atoms with Crippen molar-refractivity contribution >= 4 is 22.6 Å². The summed E-state index contributed by atoms with van der Waals surface area (Å²) in [4.78, 5) is 6.95. The number of rotatable bonds is 2. The number of aliphatic hydroxyl groups excluding tert-OH is 3. The highest BCUT2D eigenvalue weighted by Gasteiger charge is 2.44. The molecular weight excluding hydrogens is 343 g/mol. The van der Waals surface area contributed by atoms with Gasteiger partial charge in [-0.3, -0.25) is 0 Å². The lowest BCUT2D eigenvalue weighted by Gasteiger charge is -2.17. The molecule has 0 radical (unpaired) electrons. The first-order valence-corrected chi connectivity index (χ1v) is 6.85. The molecule has 0 unspecified atom stereocenters. The van der Waals surface area contributed by atoms with E-state index < -0.39 is 48.3 Å². The molecule has 1 saturated heterocycles. The molecule has 0 aromatic carbocycles. The van der Waals surface area contributed by atoms with Gasteiger partial charge in [-0.15, -0.1) is 0 Å². The number of hydrogen-bond donors (Lipinski definition) is 3. The van der Waals surface area contributed by atoms with Crippen LogP contribution in [0.3, 0.4) is 0 Å². The largest absolute Gasteiger partial charge is 0.434 e. The van der Waals surface area contributed by atoms with E-state index in [-0.39, 0.29) is 11.0 Å². The van der Waals surface area contributed by atoms with E-state index in [1.807, 2.05) is 0 Å². The predicted octanol–water partition coefficient (Wildman–Crippen LogP) is 0.715. The Morgan fingerprint density at radius 3 is 2.52 bits per heavy atom. The summed E-state index contributed by atoms with van der Waals surface area (Å²) in [6, 6.07) is 1.11. The summed E-state index contributed by atoms with van der Waals surface area (Å²) in [6.07, 6.45) is -8.64. The topological polar surface area (TPSA) is 101 Å². The maximum Gasteiger partial charge on any atom is 0.434 e. The average Bonchev–Trinajstić information content (AvgIpc) is 3.00. The van der Waals surface area contributed by atoms with Crippen molar-refractivity contribution in [3.8, 4) is 0 Å². The van der Waals surface area contributed by atoms with Crippen LogP contribution in [0, 0.1) is 0 Å². The normalized spacial score (nSPS) is 28.7. The van der Waals surface area contributed by atoms with Crippen LogP contribution in [0.25, 0.3) is 11.0 Å². The third-order valence-electron chi connectivity index (χ3n) is 3.60. The summed E-state index contributed by atoms with van der Waals surface area (Å²) in [5.74, 6) is 0. The van der Waals surface area contributed by atoms with Gasteiger partial charge in [-0.25, -0.2) is 4.98 Å². The zero-order valence-electron chi connectivity index (χ0n) is 11.3. The molecule has 7 nitrogen and oxygen atoms in total. The van der Waals surface area contributed by atoms with Crippen LogP contribution in [0.2, 0.25) is 5.28 Å². The minimum absolute atomic E-state index is 0.202. The van der Waals surface area contributed by atoms with E-state index in [0.717, 1.165) is 10.6 Å². The summed E-state index contributed by atoms with van der Waals surface area (Å²) in [5.41, 5.74) is -1.41. The zero-order valence-corrected chi connectivity index (χ0v) is 12.0. The first-order valence-electron chi connectivity index (χ1n) is 6.47. The van der Waals surface area contributed by atoms with E-state index in [1.54, 1.807) is 0 Å². The molecule has 1 fully saturated rings. The highest BCUT2D eigenvalue weighted by Crippen LogP contribution is 2.37. The molecule has 0 amide bonds. The van der Waals surface area contributed by atoms with Crippen molar-refractivity contribution in [2.75, 3.05) is 6.61 Å². The van der Waals surface area contributed by atoms with Crippen molar-refractivity contribution in [3.63, 3.8) is 0 Å². The van der Waals surface area contributed by atoms with Crippen LogP contribution in [0.1, 0.15) is 11.9 Å². The number of alkyl halides is 3. The van der Waals surface area contributed by atoms with Gasteiger partial charge in [-0.1, -0.05) is 0 Å². The van der Waals surface area contributed by atoms with Gasteiger partial charge in [0.05, 0.1) is 6.61 Å². The fourth-order valence-electron chi connectivity index (χ4n) is 2.54. The molecule has 3 heterocycles. The number of ether oxygens (including phenoxy) is 1. The van der Waals surface area contributed by atoms with Gasteiger partial charge in [0.25, 0.3) is 0 Å². The van der Waals surface area contributed by atoms with Crippen molar-refractivity contribution in [1.29, 1.82) is 0 Å².